The van der Waals surface area contributed by atoms with Crippen LogP contribution >= 0.6 is 36.2 Å². The number of nitrogens with one attached hydrogen (secondary N) is 2. The van der Waals surface area contributed by atoms with E-state index in [0.29, 0.717) is 6.42 Å². The fourth-order valence-electron chi connectivity index (χ4n) is 2.56. The molecule has 9 heteroatoms. The molecule has 0 bridgehead atoms. The molecule has 0 spiro atoms. The van der Waals surface area contributed by atoms with Gasteiger partial charge in [0.1, 0.15) is 0 Å². The Morgan fingerprint density at radius 1 is 1.46 bits per heavy atom. The van der Waals surface area contributed by atoms with Crippen LogP contribution in [0.1, 0.15) is 18.4 Å². The molecule has 2 N–H and O–H groups in total. The number of thiazole rings is 1. The quantitative estimate of drug-likeness (QED) is 0.832. The van der Waals surface area contributed by atoms with Gasteiger partial charge in [-0.1, -0.05) is 12.1 Å². The van der Waals surface area contributed by atoms with Gasteiger partial charge in [0.05, 0.1) is 27.8 Å². The standard InChI is InChI=1S/C15H17F2N3OS.2ClH/c1-9(19-14(21)11-7-15(16,17)8-18-11)6-13-20-10-4-2-3-5-12(10)22-13;;/h2-5,9,11,18H,6-8H2,1H3,(H,19,21);2*1H. The van der Waals surface area contributed by atoms with Gasteiger partial charge in [-0.2, -0.15) is 0 Å². The number of amides is 1. The Kier molecular flexibility index (Phi) is 7.34. The molecule has 1 aliphatic rings. The Bertz CT molecular complexity index is 665. The predicted octanol–water partition coefficient (Wildman–Crippen LogP) is 3.18. The van der Waals surface area contributed by atoms with Crippen molar-refractivity contribution >= 4 is 52.3 Å². The fraction of sp³-hybridized carbons (Fsp3) is 0.467. The van der Waals surface area contributed by atoms with Crippen LogP contribution in [0.4, 0.5) is 8.78 Å². The summed E-state index contributed by atoms with van der Waals surface area (Å²) in [5.41, 5.74) is 0.943. The topological polar surface area (TPSA) is 54.0 Å². The van der Waals surface area contributed by atoms with Crippen molar-refractivity contribution in [2.75, 3.05) is 6.54 Å². The largest absolute Gasteiger partial charge is 0.352 e. The third-order valence-corrected chi connectivity index (χ3v) is 4.69. The van der Waals surface area contributed by atoms with Crippen LogP contribution in [0.3, 0.4) is 0 Å². The molecular weight excluding hydrogens is 379 g/mol. The number of benzene rings is 1. The first-order valence-electron chi connectivity index (χ1n) is 7.19. The summed E-state index contributed by atoms with van der Waals surface area (Å²) < 4.78 is 27.3. The summed E-state index contributed by atoms with van der Waals surface area (Å²) in [6, 6.07) is 6.88. The van der Waals surface area contributed by atoms with Crippen LogP contribution in [0, 0.1) is 0 Å². The number of halogens is 4. The van der Waals surface area contributed by atoms with Gasteiger partial charge in [-0.3, -0.25) is 10.1 Å². The van der Waals surface area contributed by atoms with Gasteiger partial charge in [0, 0.05) is 18.9 Å². The minimum atomic E-state index is -2.79. The summed E-state index contributed by atoms with van der Waals surface area (Å²) >= 11 is 1.59. The van der Waals surface area contributed by atoms with E-state index >= 15 is 0 Å². The van der Waals surface area contributed by atoms with Crippen molar-refractivity contribution in [3.05, 3.63) is 29.3 Å². The van der Waals surface area contributed by atoms with Crippen molar-refractivity contribution in [3.8, 4) is 0 Å². The number of fused-ring (bicyclic) bond motifs is 1. The number of carbonyl (C=O) groups is 1. The van der Waals surface area contributed by atoms with Gasteiger partial charge in [-0.05, 0) is 19.1 Å². The molecule has 24 heavy (non-hydrogen) atoms. The Labute approximate surface area is 155 Å². The third kappa shape index (κ3) is 4.99. The van der Waals surface area contributed by atoms with Crippen molar-refractivity contribution in [1.82, 2.24) is 15.6 Å². The van der Waals surface area contributed by atoms with Gasteiger partial charge in [-0.15, -0.1) is 36.2 Å². The van der Waals surface area contributed by atoms with Crippen LogP contribution in [0.25, 0.3) is 10.2 Å². The summed E-state index contributed by atoms with van der Waals surface area (Å²) in [6.45, 7) is 1.42. The fourth-order valence-corrected chi connectivity index (χ4v) is 3.66. The van der Waals surface area contributed by atoms with Crippen molar-refractivity contribution in [2.24, 2.45) is 0 Å². The van der Waals surface area contributed by atoms with Crippen LogP contribution in [0.15, 0.2) is 24.3 Å². The minimum Gasteiger partial charge on any atom is -0.352 e. The van der Waals surface area contributed by atoms with E-state index in [0.717, 1.165) is 15.2 Å². The monoisotopic (exact) mass is 397 g/mol. The van der Waals surface area contributed by atoms with Crippen LogP contribution < -0.4 is 10.6 Å². The first-order valence-corrected chi connectivity index (χ1v) is 8.01. The molecule has 0 aliphatic carbocycles. The van der Waals surface area contributed by atoms with E-state index in [2.05, 4.69) is 15.6 Å². The van der Waals surface area contributed by atoms with Crippen molar-refractivity contribution in [1.29, 1.82) is 0 Å². The highest BCUT2D eigenvalue weighted by Gasteiger charge is 2.42. The lowest BCUT2D eigenvalue weighted by atomic mass is 10.1. The molecule has 1 saturated heterocycles. The summed E-state index contributed by atoms with van der Waals surface area (Å²) in [6.07, 6.45) is 0.154. The second-order valence-corrected chi connectivity index (χ2v) is 6.80. The Morgan fingerprint density at radius 3 is 2.79 bits per heavy atom. The molecule has 2 aromatic rings. The Hall–Kier alpha value is -1.02. The maximum Gasteiger partial charge on any atom is 0.262 e. The summed E-state index contributed by atoms with van der Waals surface area (Å²) in [4.78, 5) is 16.5. The molecule has 2 heterocycles. The summed E-state index contributed by atoms with van der Waals surface area (Å²) in [5, 5.41) is 6.28. The van der Waals surface area contributed by atoms with Crippen LogP contribution in [0.2, 0.25) is 0 Å². The zero-order chi connectivity index (χ0) is 15.7. The third-order valence-electron chi connectivity index (χ3n) is 3.63. The highest BCUT2D eigenvalue weighted by molar-refractivity contribution is 7.18. The normalized spacial score (nSPS) is 20.0. The van der Waals surface area contributed by atoms with E-state index in [-0.39, 0.29) is 36.8 Å². The van der Waals surface area contributed by atoms with Crippen molar-refractivity contribution < 1.29 is 13.6 Å². The van der Waals surface area contributed by atoms with Crippen LogP contribution in [-0.2, 0) is 11.2 Å². The maximum absolute atomic E-state index is 13.1. The molecule has 0 saturated carbocycles. The number of aromatic nitrogens is 1. The van der Waals surface area contributed by atoms with Gasteiger partial charge >= 0.3 is 0 Å². The second-order valence-electron chi connectivity index (χ2n) is 5.68. The lowest BCUT2D eigenvalue weighted by Crippen LogP contribution is -2.44. The van der Waals surface area contributed by atoms with E-state index in [1.54, 1.807) is 11.3 Å². The van der Waals surface area contributed by atoms with Crippen LogP contribution in [-0.4, -0.2) is 35.4 Å². The van der Waals surface area contributed by atoms with E-state index in [9.17, 15) is 13.6 Å². The lowest BCUT2D eigenvalue weighted by molar-refractivity contribution is -0.124. The average Bonchev–Trinajstić information content (AvgIpc) is 3.00. The molecule has 0 radical (unpaired) electrons. The van der Waals surface area contributed by atoms with Gasteiger partial charge in [0.25, 0.3) is 5.92 Å². The molecule has 1 amide bonds. The molecule has 1 fully saturated rings. The molecular formula is C15H19Cl2F2N3OS. The van der Waals surface area contributed by atoms with Gasteiger partial charge in [0.2, 0.25) is 5.91 Å². The molecule has 2 unspecified atom stereocenters. The molecule has 2 atom stereocenters. The maximum atomic E-state index is 13.1. The number of para-hydroxylation sites is 1. The number of nitrogens with zero attached hydrogens (tertiary/aromatic N) is 1. The van der Waals surface area contributed by atoms with Crippen molar-refractivity contribution in [3.63, 3.8) is 0 Å². The SMILES string of the molecule is CC(Cc1nc2ccccc2s1)NC(=O)C1CC(F)(F)CN1.Cl.Cl. The summed E-state index contributed by atoms with van der Waals surface area (Å²) in [5.74, 6) is -3.16. The van der Waals surface area contributed by atoms with Gasteiger partial charge in [0.15, 0.2) is 0 Å². The molecule has 1 aromatic carbocycles. The molecule has 134 valence electrons. The smallest absolute Gasteiger partial charge is 0.262 e. The van der Waals surface area contributed by atoms with Crippen LogP contribution in [0.5, 0.6) is 0 Å². The van der Waals surface area contributed by atoms with E-state index in [4.69, 9.17) is 0 Å². The lowest BCUT2D eigenvalue weighted by Gasteiger charge is -2.16. The first kappa shape index (κ1) is 21.0. The Balaban J connectivity index is 0.00000144. The zero-order valence-corrected chi connectivity index (χ0v) is 15.4. The number of alkyl halides is 2. The number of carbonyl (C=O) groups excluding carboxylic acids is 1. The van der Waals surface area contributed by atoms with Gasteiger partial charge < -0.3 is 5.32 Å². The van der Waals surface area contributed by atoms with E-state index in [1.807, 2.05) is 31.2 Å². The minimum absolute atomic E-state index is 0. The van der Waals surface area contributed by atoms with Crippen molar-refractivity contribution in [2.45, 2.75) is 37.8 Å². The average molecular weight is 398 g/mol. The number of rotatable bonds is 4. The number of hydrogen-bond acceptors (Lipinski definition) is 4. The molecule has 4 nitrogen and oxygen atoms in total. The molecule has 1 aromatic heterocycles. The summed E-state index contributed by atoms with van der Waals surface area (Å²) in [7, 11) is 0. The van der Waals surface area contributed by atoms with Gasteiger partial charge in [-0.25, -0.2) is 13.8 Å². The predicted molar refractivity (Wildman–Crippen MR) is 96.8 cm³/mol. The molecule has 1 aliphatic heterocycles. The second kappa shape index (κ2) is 8.38. The zero-order valence-electron chi connectivity index (χ0n) is 12.9. The first-order chi connectivity index (χ1) is 10.4. The van der Waals surface area contributed by atoms with E-state index in [1.165, 1.54) is 0 Å². The number of hydrogen-bond donors (Lipinski definition) is 2. The highest BCUT2D eigenvalue weighted by atomic mass is 35.5. The molecule has 3 rings (SSSR count). The Morgan fingerprint density at radius 2 is 2.17 bits per heavy atom. The van der Waals surface area contributed by atoms with E-state index < -0.39 is 24.9 Å². The highest BCUT2D eigenvalue weighted by Crippen LogP contribution is 2.25.